The molecule has 2 N–H and O–H groups in total. The number of rotatable bonds is 1. The van der Waals surface area contributed by atoms with Crippen molar-refractivity contribution in [1.29, 1.82) is 0 Å². The molecule has 1 aliphatic rings. The van der Waals surface area contributed by atoms with Crippen LogP contribution in [0.15, 0.2) is 36.4 Å². The van der Waals surface area contributed by atoms with Gasteiger partial charge in [0.15, 0.2) is 11.5 Å². The molecule has 0 spiro atoms. The van der Waals surface area contributed by atoms with Crippen LogP contribution in [0, 0.1) is 0 Å². The maximum atomic E-state index is 5.74. The average Bonchev–Trinajstić information content (AvgIpc) is 2.38. The summed E-state index contributed by atoms with van der Waals surface area (Å²) in [5, 5.41) is 2.26. The van der Waals surface area contributed by atoms with Crippen molar-refractivity contribution in [2.45, 2.75) is 6.10 Å². The normalized spacial score (nSPS) is 18.7. The van der Waals surface area contributed by atoms with Gasteiger partial charge in [0.05, 0.1) is 0 Å². The molecule has 0 aliphatic carbocycles. The van der Waals surface area contributed by atoms with Crippen molar-refractivity contribution in [3.63, 3.8) is 0 Å². The zero-order chi connectivity index (χ0) is 11.0. The van der Waals surface area contributed by atoms with Gasteiger partial charge < -0.3 is 15.2 Å². The van der Waals surface area contributed by atoms with Gasteiger partial charge in [0.25, 0.3) is 0 Å². The van der Waals surface area contributed by atoms with E-state index in [-0.39, 0.29) is 6.10 Å². The summed E-state index contributed by atoms with van der Waals surface area (Å²) in [5.41, 5.74) is 5.57. The maximum absolute atomic E-state index is 5.74. The fraction of sp³-hybridized carbons (Fsp3) is 0.231. The van der Waals surface area contributed by atoms with Crippen LogP contribution in [0.3, 0.4) is 0 Å². The van der Waals surface area contributed by atoms with E-state index >= 15 is 0 Å². The fourth-order valence-corrected chi connectivity index (χ4v) is 1.97. The van der Waals surface area contributed by atoms with Gasteiger partial charge >= 0.3 is 0 Å². The number of hydrogen-bond acceptors (Lipinski definition) is 3. The molecule has 0 fully saturated rings. The predicted octanol–water partition coefficient (Wildman–Crippen LogP) is 1.94. The van der Waals surface area contributed by atoms with Crippen LogP contribution < -0.4 is 15.2 Å². The van der Waals surface area contributed by atoms with Crippen LogP contribution in [0.4, 0.5) is 0 Å². The van der Waals surface area contributed by atoms with E-state index in [1.165, 1.54) is 0 Å². The zero-order valence-corrected chi connectivity index (χ0v) is 8.85. The Morgan fingerprint density at radius 1 is 1.19 bits per heavy atom. The number of fused-ring (bicyclic) bond motifs is 3. The molecule has 0 saturated carbocycles. The van der Waals surface area contributed by atoms with E-state index in [0.717, 1.165) is 22.3 Å². The number of hydrogen-bond donors (Lipinski definition) is 1. The molecule has 2 aromatic carbocycles. The van der Waals surface area contributed by atoms with Gasteiger partial charge in [0.2, 0.25) is 0 Å². The first-order chi connectivity index (χ1) is 7.88. The van der Waals surface area contributed by atoms with Crippen molar-refractivity contribution in [3.8, 4) is 11.5 Å². The predicted molar refractivity (Wildman–Crippen MR) is 62.9 cm³/mol. The van der Waals surface area contributed by atoms with E-state index < -0.39 is 0 Å². The Hall–Kier alpha value is -1.74. The first-order valence-corrected chi connectivity index (χ1v) is 5.40. The highest BCUT2D eigenvalue weighted by molar-refractivity contribution is 5.90. The molecule has 3 nitrogen and oxygen atoms in total. The molecule has 16 heavy (non-hydrogen) atoms. The summed E-state index contributed by atoms with van der Waals surface area (Å²) in [5.74, 6) is 1.63. The third-order valence-corrected chi connectivity index (χ3v) is 2.81. The van der Waals surface area contributed by atoms with E-state index in [1.54, 1.807) is 0 Å². The van der Waals surface area contributed by atoms with Gasteiger partial charge in [-0.05, 0) is 11.5 Å². The average molecular weight is 215 g/mol. The van der Waals surface area contributed by atoms with Crippen molar-refractivity contribution in [2.75, 3.05) is 13.2 Å². The van der Waals surface area contributed by atoms with E-state index in [1.807, 2.05) is 30.3 Å². The van der Waals surface area contributed by atoms with Gasteiger partial charge in [0, 0.05) is 11.9 Å². The third kappa shape index (κ3) is 1.41. The van der Waals surface area contributed by atoms with Crippen molar-refractivity contribution < 1.29 is 9.47 Å². The maximum Gasteiger partial charge on any atom is 0.169 e. The topological polar surface area (TPSA) is 44.5 Å². The summed E-state index contributed by atoms with van der Waals surface area (Å²) >= 11 is 0. The summed E-state index contributed by atoms with van der Waals surface area (Å²) < 4.78 is 11.5. The van der Waals surface area contributed by atoms with Crippen molar-refractivity contribution in [3.05, 3.63) is 36.4 Å². The minimum atomic E-state index is -0.0336. The molecular weight excluding hydrogens is 202 g/mol. The lowest BCUT2D eigenvalue weighted by atomic mass is 10.1. The minimum Gasteiger partial charge on any atom is -0.485 e. The number of ether oxygens (including phenoxy) is 2. The highest BCUT2D eigenvalue weighted by Gasteiger charge is 2.21. The SMILES string of the molecule is NCC1COc2c(ccc3ccccc23)O1. The van der Waals surface area contributed by atoms with Crippen molar-refractivity contribution in [1.82, 2.24) is 0 Å². The molecule has 82 valence electrons. The Balaban J connectivity index is 2.14. The van der Waals surface area contributed by atoms with E-state index in [0.29, 0.717) is 13.2 Å². The van der Waals surface area contributed by atoms with E-state index in [4.69, 9.17) is 15.2 Å². The summed E-state index contributed by atoms with van der Waals surface area (Å²) in [7, 11) is 0. The summed E-state index contributed by atoms with van der Waals surface area (Å²) in [4.78, 5) is 0. The summed E-state index contributed by atoms with van der Waals surface area (Å²) in [6.07, 6.45) is -0.0336. The van der Waals surface area contributed by atoms with Crippen LogP contribution >= 0.6 is 0 Å². The molecule has 0 bridgehead atoms. The molecule has 1 heterocycles. The van der Waals surface area contributed by atoms with E-state index in [2.05, 4.69) is 6.07 Å². The Bertz CT molecular complexity index is 524. The second-order valence-electron chi connectivity index (χ2n) is 3.90. The lowest BCUT2D eigenvalue weighted by molar-refractivity contribution is 0.0986. The highest BCUT2D eigenvalue weighted by Crippen LogP contribution is 2.38. The van der Waals surface area contributed by atoms with Gasteiger partial charge in [-0.3, -0.25) is 0 Å². The van der Waals surface area contributed by atoms with Gasteiger partial charge in [-0.15, -0.1) is 0 Å². The zero-order valence-electron chi connectivity index (χ0n) is 8.85. The smallest absolute Gasteiger partial charge is 0.169 e. The van der Waals surface area contributed by atoms with Crippen LogP contribution in [0.5, 0.6) is 11.5 Å². The molecule has 0 amide bonds. The summed E-state index contributed by atoms with van der Waals surface area (Å²) in [6, 6.07) is 12.1. The lowest BCUT2D eigenvalue weighted by Gasteiger charge is -2.26. The Morgan fingerprint density at radius 3 is 2.94 bits per heavy atom. The largest absolute Gasteiger partial charge is 0.485 e. The van der Waals surface area contributed by atoms with Crippen LogP contribution in [0.1, 0.15) is 0 Å². The molecule has 1 unspecified atom stereocenters. The molecule has 2 aromatic rings. The summed E-state index contributed by atoms with van der Waals surface area (Å²) in [6.45, 7) is 1.00. The quantitative estimate of drug-likeness (QED) is 0.790. The standard InChI is InChI=1S/C13H13NO2/c14-7-10-8-15-13-11-4-2-1-3-9(11)5-6-12(13)16-10/h1-6,10H,7-8,14H2. The fourth-order valence-electron chi connectivity index (χ4n) is 1.97. The Labute approximate surface area is 93.8 Å². The van der Waals surface area contributed by atoms with Crippen LogP contribution in [-0.4, -0.2) is 19.3 Å². The van der Waals surface area contributed by atoms with Crippen LogP contribution in [-0.2, 0) is 0 Å². The molecular formula is C13H13NO2. The first kappa shape index (κ1) is 9.48. The molecule has 1 aliphatic heterocycles. The van der Waals surface area contributed by atoms with Crippen LogP contribution in [0.25, 0.3) is 10.8 Å². The monoisotopic (exact) mass is 215 g/mol. The second kappa shape index (κ2) is 3.68. The van der Waals surface area contributed by atoms with Gasteiger partial charge in [0.1, 0.15) is 12.7 Å². The van der Waals surface area contributed by atoms with Gasteiger partial charge in [-0.2, -0.15) is 0 Å². The van der Waals surface area contributed by atoms with E-state index in [9.17, 15) is 0 Å². The molecule has 3 heteroatoms. The van der Waals surface area contributed by atoms with Gasteiger partial charge in [-0.1, -0.05) is 30.3 Å². The molecule has 0 saturated heterocycles. The van der Waals surface area contributed by atoms with Crippen molar-refractivity contribution in [2.24, 2.45) is 5.73 Å². The van der Waals surface area contributed by atoms with Gasteiger partial charge in [-0.25, -0.2) is 0 Å². The Morgan fingerprint density at radius 2 is 2.06 bits per heavy atom. The molecule has 1 atom stereocenters. The lowest BCUT2D eigenvalue weighted by Crippen LogP contribution is -2.35. The minimum absolute atomic E-state index is 0.0336. The highest BCUT2D eigenvalue weighted by atomic mass is 16.6. The molecule has 3 rings (SSSR count). The molecule has 0 aromatic heterocycles. The Kier molecular flexibility index (Phi) is 2.18. The van der Waals surface area contributed by atoms with Crippen molar-refractivity contribution >= 4 is 10.8 Å². The number of nitrogens with two attached hydrogens (primary N) is 1. The van der Waals surface area contributed by atoms with Crippen LogP contribution in [0.2, 0.25) is 0 Å². The second-order valence-corrected chi connectivity index (χ2v) is 3.90. The first-order valence-electron chi connectivity index (χ1n) is 5.40. The third-order valence-electron chi connectivity index (χ3n) is 2.81. The molecule has 0 radical (unpaired) electrons. The number of benzene rings is 2.